The number of rotatable bonds is 4. The molecule has 0 radical (unpaired) electrons. The Hall–Kier alpha value is -1.75. The van der Waals surface area contributed by atoms with Crippen LogP contribution in [-0.2, 0) is 4.79 Å². The van der Waals surface area contributed by atoms with E-state index in [1.54, 1.807) is 7.11 Å². The lowest BCUT2D eigenvalue weighted by Crippen LogP contribution is -2.47. The second kappa shape index (κ2) is 7.68. The van der Waals surface area contributed by atoms with Crippen molar-refractivity contribution in [2.24, 2.45) is 5.92 Å². The number of ether oxygens (including phenoxy) is 1. The second-order valence-electron chi connectivity index (χ2n) is 6.47. The monoisotopic (exact) mass is 317 g/mol. The first kappa shape index (κ1) is 16.1. The number of piperidine rings is 2. The van der Waals surface area contributed by atoms with E-state index in [0.29, 0.717) is 6.04 Å². The number of para-hydroxylation sites is 2. The Labute approximate surface area is 138 Å². The average Bonchev–Trinajstić information content (AvgIpc) is 2.63. The number of amides is 1. The van der Waals surface area contributed by atoms with Gasteiger partial charge in [0, 0.05) is 25.0 Å². The summed E-state index contributed by atoms with van der Waals surface area (Å²) in [5.74, 6) is 1.37. The summed E-state index contributed by atoms with van der Waals surface area (Å²) >= 11 is 0. The molecule has 1 aromatic rings. The zero-order valence-electron chi connectivity index (χ0n) is 13.9. The molecule has 1 aromatic carbocycles. The van der Waals surface area contributed by atoms with Gasteiger partial charge in [-0.2, -0.15) is 0 Å². The number of hydrogen-bond donors (Lipinski definition) is 2. The van der Waals surface area contributed by atoms with E-state index in [2.05, 4.69) is 21.6 Å². The molecule has 0 aromatic heterocycles. The molecule has 126 valence electrons. The molecule has 5 heteroatoms. The third kappa shape index (κ3) is 3.96. The van der Waals surface area contributed by atoms with Crippen molar-refractivity contribution >= 4 is 11.6 Å². The first-order valence-electron chi connectivity index (χ1n) is 8.67. The molecular formula is C18H27N3O2. The van der Waals surface area contributed by atoms with Crippen LogP contribution in [0.5, 0.6) is 5.75 Å². The highest BCUT2D eigenvalue weighted by atomic mass is 16.5. The van der Waals surface area contributed by atoms with E-state index in [9.17, 15) is 4.79 Å². The minimum Gasteiger partial charge on any atom is -0.495 e. The molecule has 5 nitrogen and oxygen atoms in total. The Morgan fingerprint density at radius 2 is 1.87 bits per heavy atom. The van der Waals surface area contributed by atoms with E-state index in [4.69, 9.17) is 4.74 Å². The zero-order valence-corrected chi connectivity index (χ0v) is 13.9. The fraction of sp³-hybridized carbons (Fsp3) is 0.611. The number of nitrogens with one attached hydrogen (secondary N) is 2. The van der Waals surface area contributed by atoms with Gasteiger partial charge in [0.25, 0.3) is 0 Å². The second-order valence-corrected chi connectivity index (χ2v) is 6.47. The lowest BCUT2D eigenvalue weighted by Gasteiger charge is -2.35. The van der Waals surface area contributed by atoms with Crippen LogP contribution in [-0.4, -0.2) is 45.2 Å². The molecule has 2 aliphatic rings. The third-order valence-corrected chi connectivity index (χ3v) is 4.98. The topological polar surface area (TPSA) is 53.6 Å². The van der Waals surface area contributed by atoms with Crippen molar-refractivity contribution in [3.05, 3.63) is 24.3 Å². The molecule has 3 rings (SSSR count). The lowest BCUT2D eigenvalue weighted by molar-refractivity contribution is -0.126. The van der Waals surface area contributed by atoms with Gasteiger partial charge in [0.1, 0.15) is 5.75 Å². The van der Waals surface area contributed by atoms with Crippen LogP contribution in [0.2, 0.25) is 0 Å². The molecule has 1 amide bonds. The maximum absolute atomic E-state index is 12.3. The maximum atomic E-state index is 12.3. The summed E-state index contributed by atoms with van der Waals surface area (Å²) in [4.78, 5) is 14.7. The number of nitrogens with zero attached hydrogens (tertiary/aromatic N) is 1. The highest BCUT2D eigenvalue weighted by Gasteiger charge is 2.26. The molecule has 2 fully saturated rings. The Balaban J connectivity index is 1.51. The van der Waals surface area contributed by atoms with Crippen LogP contribution in [0.1, 0.15) is 25.7 Å². The van der Waals surface area contributed by atoms with Gasteiger partial charge in [-0.05, 0) is 50.9 Å². The van der Waals surface area contributed by atoms with Crippen LogP contribution in [0.3, 0.4) is 0 Å². The van der Waals surface area contributed by atoms with E-state index in [-0.39, 0.29) is 11.8 Å². The van der Waals surface area contributed by atoms with E-state index >= 15 is 0 Å². The molecule has 2 N–H and O–H groups in total. The van der Waals surface area contributed by atoms with Crippen molar-refractivity contribution < 1.29 is 9.53 Å². The number of anilines is 1. The molecule has 0 atom stereocenters. The van der Waals surface area contributed by atoms with Crippen molar-refractivity contribution in [3.8, 4) is 5.75 Å². The van der Waals surface area contributed by atoms with Crippen LogP contribution in [0.4, 0.5) is 5.69 Å². The zero-order chi connectivity index (χ0) is 16.1. The molecule has 2 saturated heterocycles. The van der Waals surface area contributed by atoms with Gasteiger partial charge in [0.2, 0.25) is 5.91 Å². The van der Waals surface area contributed by atoms with Crippen LogP contribution >= 0.6 is 0 Å². The maximum Gasteiger partial charge on any atom is 0.223 e. The number of carbonyl (C=O) groups excluding carboxylic acids is 1. The molecule has 0 aliphatic carbocycles. The quantitative estimate of drug-likeness (QED) is 0.889. The number of hydrogen-bond acceptors (Lipinski definition) is 4. The van der Waals surface area contributed by atoms with Crippen molar-refractivity contribution in [1.82, 2.24) is 10.6 Å². The number of carbonyl (C=O) groups is 1. The van der Waals surface area contributed by atoms with Gasteiger partial charge in [-0.15, -0.1) is 0 Å². The molecule has 0 bridgehead atoms. The fourth-order valence-electron chi connectivity index (χ4n) is 3.56. The predicted octanol–water partition coefficient (Wildman–Crippen LogP) is 1.78. The SMILES string of the molecule is COc1ccccc1N1CCC(NC(=O)C2CCNCC2)CC1. The number of methoxy groups -OCH3 is 1. The standard InChI is InChI=1S/C18H27N3O2/c1-23-17-5-3-2-4-16(17)21-12-8-15(9-13-21)20-18(22)14-6-10-19-11-7-14/h2-5,14-15,19H,6-13H2,1H3,(H,20,22). The molecule has 0 spiro atoms. The van der Waals surface area contributed by atoms with Gasteiger partial charge >= 0.3 is 0 Å². The van der Waals surface area contributed by atoms with Gasteiger partial charge in [-0.3, -0.25) is 4.79 Å². The summed E-state index contributed by atoms with van der Waals surface area (Å²) in [7, 11) is 1.71. The van der Waals surface area contributed by atoms with E-state index in [1.807, 2.05) is 18.2 Å². The highest BCUT2D eigenvalue weighted by molar-refractivity contribution is 5.79. The molecule has 2 aliphatic heterocycles. The Kier molecular flexibility index (Phi) is 5.39. The minimum atomic E-state index is 0.198. The summed E-state index contributed by atoms with van der Waals surface area (Å²) in [5, 5.41) is 6.57. The predicted molar refractivity (Wildman–Crippen MR) is 92.0 cm³/mol. The molecule has 2 heterocycles. The normalized spacial score (nSPS) is 20.3. The summed E-state index contributed by atoms with van der Waals surface area (Å²) in [6.07, 6.45) is 3.92. The molecule has 23 heavy (non-hydrogen) atoms. The molecular weight excluding hydrogens is 290 g/mol. The summed E-state index contributed by atoms with van der Waals surface area (Å²) < 4.78 is 5.45. The summed E-state index contributed by atoms with van der Waals surface area (Å²) in [6, 6.07) is 8.45. The Morgan fingerprint density at radius 1 is 1.17 bits per heavy atom. The summed E-state index contributed by atoms with van der Waals surface area (Å²) in [6.45, 7) is 3.84. The van der Waals surface area contributed by atoms with Crippen molar-refractivity contribution in [2.45, 2.75) is 31.7 Å². The van der Waals surface area contributed by atoms with Gasteiger partial charge in [-0.1, -0.05) is 12.1 Å². The van der Waals surface area contributed by atoms with Crippen LogP contribution in [0, 0.1) is 5.92 Å². The smallest absolute Gasteiger partial charge is 0.223 e. The van der Waals surface area contributed by atoms with Crippen molar-refractivity contribution in [2.75, 3.05) is 38.2 Å². The van der Waals surface area contributed by atoms with E-state index in [0.717, 1.165) is 63.3 Å². The van der Waals surface area contributed by atoms with E-state index < -0.39 is 0 Å². The van der Waals surface area contributed by atoms with Gasteiger partial charge in [0.05, 0.1) is 12.8 Å². The lowest BCUT2D eigenvalue weighted by atomic mass is 9.96. The fourth-order valence-corrected chi connectivity index (χ4v) is 3.56. The van der Waals surface area contributed by atoms with Crippen LogP contribution in [0.25, 0.3) is 0 Å². The average molecular weight is 317 g/mol. The molecule has 0 unspecified atom stereocenters. The van der Waals surface area contributed by atoms with E-state index in [1.165, 1.54) is 0 Å². The van der Waals surface area contributed by atoms with Crippen LogP contribution in [0.15, 0.2) is 24.3 Å². The van der Waals surface area contributed by atoms with Gasteiger partial charge < -0.3 is 20.3 Å². The Bertz CT molecular complexity index is 521. The van der Waals surface area contributed by atoms with Crippen molar-refractivity contribution in [3.63, 3.8) is 0 Å². The summed E-state index contributed by atoms with van der Waals surface area (Å²) in [5.41, 5.74) is 1.15. The first-order valence-corrected chi connectivity index (χ1v) is 8.67. The number of benzene rings is 1. The minimum absolute atomic E-state index is 0.198. The van der Waals surface area contributed by atoms with Crippen molar-refractivity contribution in [1.29, 1.82) is 0 Å². The van der Waals surface area contributed by atoms with Gasteiger partial charge in [0.15, 0.2) is 0 Å². The third-order valence-electron chi connectivity index (χ3n) is 4.98. The Morgan fingerprint density at radius 3 is 2.57 bits per heavy atom. The first-order chi connectivity index (χ1) is 11.3. The highest BCUT2D eigenvalue weighted by Crippen LogP contribution is 2.30. The van der Waals surface area contributed by atoms with Gasteiger partial charge in [-0.25, -0.2) is 0 Å². The largest absolute Gasteiger partial charge is 0.495 e. The van der Waals surface area contributed by atoms with Crippen LogP contribution < -0.4 is 20.3 Å². The molecule has 0 saturated carbocycles.